The quantitative estimate of drug-likeness (QED) is 0.486. The maximum Gasteiger partial charge on any atom is 0.137 e. The Balaban J connectivity index is 1.68. The van der Waals surface area contributed by atoms with E-state index in [9.17, 15) is 13.9 Å². The first-order chi connectivity index (χ1) is 14.5. The van der Waals surface area contributed by atoms with Gasteiger partial charge in [0, 0.05) is 24.7 Å². The monoisotopic (exact) mass is 416 g/mol. The van der Waals surface area contributed by atoms with Gasteiger partial charge in [0.15, 0.2) is 0 Å². The fraction of sp³-hybridized carbons (Fsp3) is 0.364. The lowest BCUT2D eigenvalue weighted by Crippen LogP contribution is -2.45. The van der Waals surface area contributed by atoms with Crippen LogP contribution in [0.3, 0.4) is 0 Å². The molecular weight excluding hydrogens is 390 g/mol. The molecule has 0 saturated heterocycles. The van der Waals surface area contributed by atoms with Crippen LogP contribution in [0.5, 0.6) is 5.75 Å². The molecule has 1 unspecified atom stereocenters. The molecule has 0 fully saturated rings. The number of hydrogen-bond acceptors (Lipinski definition) is 5. The zero-order chi connectivity index (χ0) is 21.4. The smallest absolute Gasteiger partial charge is 0.137 e. The summed E-state index contributed by atoms with van der Waals surface area (Å²) in [4.78, 5) is 5.89. The fourth-order valence-electron chi connectivity index (χ4n) is 3.38. The van der Waals surface area contributed by atoms with Crippen molar-refractivity contribution in [2.45, 2.75) is 25.5 Å². The van der Waals surface area contributed by atoms with Crippen LogP contribution in [0.25, 0.3) is 0 Å². The molecule has 3 aromatic rings. The molecule has 30 heavy (non-hydrogen) atoms. The van der Waals surface area contributed by atoms with E-state index >= 15 is 0 Å². The Morgan fingerprint density at radius 3 is 2.63 bits per heavy atom. The zero-order valence-corrected chi connectivity index (χ0v) is 16.9. The Hall–Kier alpha value is -2.84. The molecule has 1 heterocycles. The number of halogens is 2. The third-order valence-electron chi connectivity index (χ3n) is 4.89. The van der Waals surface area contributed by atoms with E-state index in [2.05, 4.69) is 10.1 Å². The molecule has 6 nitrogen and oxygen atoms in total. The number of nitrogens with zero attached hydrogens (tertiary/aromatic N) is 4. The van der Waals surface area contributed by atoms with Crippen molar-refractivity contribution >= 4 is 0 Å². The summed E-state index contributed by atoms with van der Waals surface area (Å²) in [7, 11) is 0. The maximum atomic E-state index is 14.5. The predicted molar refractivity (Wildman–Crippen MR) is 109 cm³/mol. The molecule has 0 aliphatic heterocycles. The van der Waals surface area contributed by atoms with Gasteiger partial charge in [-0.2, -0.15) is 5.10 Å². The number of hydrogen-bond donors (Lipinski definition) is 1. The number of ether oxygens (including phenoxy) is 1. The van der Waals surface area contributed by atoms with E-state index in [1.807, 2.05) is 42.2 Å². The Morgan fingerprint density at radius 1 is 1.17 bits per heavy atom. The van der Waals surface area contributed by atoms with Crippen LogP contribution >= 0.6 is 0 Å². The summed E-state index contributed by atoms with van der Waals surface area (Å²) < 4.78 is 35.1. The summed E-state index contributed by atoms with van der Waals surface area (Å²) in [6.45, 7) is 3.92. The van der Waals surface area contributed by atoms with Crippen molar-refractivity contribution < 1.29 is 18.6 Å². The maximum absolute atomic E-state index is 14.5. The zero-order valence-electron chi connectivity index (χ0n) is 16.9. The second-order valence-electron chi connectivity index (χ2n) is 7.13. The Bertz CT molecular complexity index is 909. The summed E-state index contributed by atoms with van der Waals surface area (Å²) in [5.41, 5.74) is -1.58. The van der Waals surface area contributed by atoms with E-state index in [0.717, 1.165) is 24.3 Å². The van der Waals surface area contributed by atoms with Gasteiger partial charge in [0.25, 0.3) is 0 Å². The summed E-state index contributed by atoms with van der Waals surface area (Å²) in [5.74, 6) is -0.678. The summed E-state index contributed by atoms with van der Waals surface area (Å²) in [6.07, 6.45) is 3.53. The van der Waals surface area contributed by atoms with Gasteiger partial charge in [-0.15, -0.1) is 0 Å². The molecule has 8 heteroatoms. The van der Waals surface area contributed by atoms with Gasteiger partial charge in [-0.05, 0) is 31.2 Å². The molecule has 1 atom stereocenters. The van der Waals surface area contributed by atoms with Crippen molar-refractivity contribution in [1.29, 1.82) is 0 Å². The van der Waals surface area contributed by atoms with E-state index in [1.165, 1.54) is 23.4 Å². The molecular formula is C22H26F2N4O2. The lowest BCUT2D eigenvalue weighted by molar-refractivity contribution is -0.0213. The minimum Gasteiger partial charge on any atom is -0.494 e. The van der Waals surface area contributed by atoms with Crippen LogP contribution in [0.1, 0.15) is 18.9 Å². The highest BCUT2D eigenvalue weighted by Crippen LogP contribution is 2.28. The second kappa shape index (κ2) is 10.3. The molecule has 160 valence electrons. The number of aliphatic hydroxyl groups is 1. The largest absolute Gasteiger partial charge is 0.494 e. The van der Waals surface area contributed by atoms with E-state index in [0.29, 0.717) is 19.7 Å². The molecule has 0 saturated carbocycles. The van der Waals surface area contributed by atoms with E-state index in [1.54, 1.807) is 0 Å². The lowest BCUT2D eigenvalue weighted by Gasteiger charge is -2.34. The fourth-order valence-corrected chi connectivity index (χ4v) is 3.38. The SMILES string of the molecule is CCN(CCCOc1ccccc1)CC(O)(Cn1cncn1)c1ccc(F)cc1F. The molecule has 0 amide bonds. The highest BCUT2D eigenvalue weighted by Gasteiger charge is 2.35. The van der Waals surface area contributed by atoms with E-state index in [4.69, 9.17) is 4.74 Å². The van der Waals surface area contributed by atoms with Gasteiger partial charge in [0.1, 0.15) is 35.6 Å². The average Bonchev–Trinajstić information content (AvgIpc) is 3.23. The first-order valence-corrected chi connectivity index (χ1v) is 9.91. The van der Waals surface area contributed by atoms with Gasteiger partial charge < -0.3 is 14.7 Å². The minimum absolute atomic E-state index is 0.00737. The summed E-state index contributed by atoms with van der Waals surface area (Å²) in [6, 6.07) is 12.8. The molecule has 0 aliphatic rings. The summed E-state index contributed by atoms with van der Waals surface area (Å²) >= 11 is 0. The van der Waals surface area contributed by atoms with Crippen LogP contribution in [0, 0.1) is 11.6 Å². The van der Waals surface area contributed by atoms with Gasteiger partial charge in [-0.3, -0.25) is 0 Å². The predicted octanol–water partition coefficient (Wildman–Crippen LogP) is 3.24. The highest BCUT2D eigenvalue weighted by molar-refractivity contribution is 5.26. The molecule has 2 aromatic carbocycles. The van der Waals surface area contributed by atoms with Gasteiger partial charge in [0.2, 0.25) is 0 Å². The van der Waals surface area contributed by atoms with Crippen LogP contribution in [-0.4, -0.2) is 51.0 Å². The van der Waals surface area contributed by atoms with Crippen LogP contribution < -0.4 is 4.74 Å². The second-order valence-corrected chi connectivity index (χ2v) is 7.13. The van der Waals surface area contributed by atoms with Crippen LogP contribution in [0.15, 0.2) is 61.2 Å². The molecule has 0 radical (unpaired) electrons. The third-order valence-corrected chi connectivity index (χ3v) is 4.89. The van der Waals surface area contributed by atoms with Gasteiger partial charge >= 0.3 is 0 Å². The Kier molecular flexibility index (Phi) is 7.48. The first kappa shape index (κ1) is 21.9. The van der Waals surface area contributed by atoms with E-state index in [-0.39, 0.29) is 18.7 Å². The van der Waals surface area contributed by atoms with Crippen molar-refractivity contribution in [2.24, 2.45) is 0 Å². The summed E-state index contributed by atoms with van der Waals surface area (Å²) in [5, 5.41) is 15.5. The van der Waals surface area contributed by atoms with Gasteiger partial charge in [0.05, 0.1) is 13.2 Å². The number of rotatable bonds is 11. The minimum atomic E-state index is -1.61. The number of aromatic nitrogens is 3. The van der Waals surface area contributed by atoms with Crippen molar-refractivity contribution in [3.8, 4) is 5.75 Å². The standard InChI is InChI=1S/C22H26F2N4O2/c1-2-27(11-6-12-30-19-7-4-3-5-8-19)14-22(29,15-28-17-25-16-26-28)20-10-9-18(23)13-21(20)24/h3-5,7-10,13,16-17,29H,2,6,11-12,14-15H2,1H3. The molecule has 0 bridgehead atoms. The van der Waals surface area contributed by atoms with Crippen molar-refractivity contribution in [3.63, 3.8) is 0 Å². The number of benzene rings is 2. The average molecular weight is 416 g/mol. The van der Waals surface area contributed by atoms with Crippen LogP contribution in [0.4, 0.5) is 8.78 Å². The number of likely N-dealkylation sites (N-methyl/N-ethyl adjacent to an activating group) is 1. The normalized spacial score (nSPS) is 13.4. The first-order valence-electron chi connectivity index (χ1n) is 9.91. The molecule has 0 spiro atoms. The highest BCUT2D eigenvalue weighted by atomic mass is 19.1. The van der Waals surface area contributed by atoms with E-state index < -0.39 is 17.2 Å². The van der Waals surface area contributed by atoms with Gasteiger partial charge in [-0.25, -0.2) is 18.4 Å². The third kappa shape index (κ3) is 5.84. The lowest BCUT2D eigenvalue weighted by atomic mass is 9.92. The Labute approximate surface area is 174 Å². The molecule has 3 rings (SSSR count). The molecule has 1 N–H and O–H groups in total. The number of para-hydroxylation sites is 1. The molecule has 1 aromatic heterocycles. The van der Waals surface area contributed by atoms with Gasteiger partial charge in [-0.1, -0.05) is 31.2 Å². The van der Waals surface area contributed by atoms with Crippen molar-refractivity contribution in [3.05, 3.63) is 78.4 Å². The Morgan fingerprint density at radius 2 is 1.97 bits per heavy atom. The molecule has 0 aliphatic carbocycles. The van der Waals surface area contributed by atoms with Crippen molar-refractivity contribution in [1.82, 2.24) is 19.7 Å². The topological polar surface area (TPSA) is 63.4 Å². The van der Waals surface area contributed by atoms with Crippen LogP contribution in [-0.2, 0) is 12.1 Å². The van der Waals surface area contributed by atoms with Crippen LogP contribution in [0.2, 0.25) is 0 Å². The van der Waals surface area contributed by atoms with Crippen molar-refractivity contribution in [2.75, 3.05) is 26.2 Å².